The van der Waals surface area contributed by atoms with Gasteiger partial charge in [0.2, 0.25) is 0 Å². The molecule has 2 aromatic carbocycles. The smallest absolute Gasteiger partial charge is 0.264 e. The van der Waals surface area contributed by atoms with E-state index in [0.717, 1.165) is 10.4 Å². The molecule has 128 valence electrons. The van der Waals surface area contributed by atoms with Crippen molar-refractivity contribution in [3.8, 4) is 5.75 Å². The Bertz CT molecular complexity index is 869. The van der Waals surface area contributed by atoms with Gasteiger partial charge < -0.3 is 4.74 Å². The Hall–Kier alpha value is -2.08. The van der Waals surface area contributed by atoms with E-state index in [2.05, 4.69) is 10.3 Å². The van der Waals surface area contributed by atoms with Gasteiger partial charge in [-0.15, -0.1) is 11.3 Å². The second-order valence-corrected chi connectivity index (χ2v) is 7.15. The molecule has 1 N–H and O–H groups in total. The number of thiazole rings is 1. The number of carbonyl (C=O) groups excluding carboxylic acids is 1. The molecular formula is C18H14Cl2N2O2S. The monoisotopic (exact) mass is 392 g/mol. The van der Waals surface area contributed by atoms with Gasteiger partial charge in [-0.05, 0) is 35.9 Å². The molecular weight excluding hydrogens is 379 g/mol. The summed E-state index contributed by atoms with van der Waals surface area (Å²) < 4.78 is 5.40. The first-order chi connectivity index (χ1) is 12.1. The molecule has 1 heterocycles. The van der Waals surface area contributed by atoms with Crippen molar-refractivity contribution in [3.05, 3.63) is 75.2 Å². The Morgan fingerprint density at radius 2 is 1.96 bits per heavy atom. The lowest BCUT2D eigenvalue weighted by atomic mass is 10.1. The van der Waals surface area contributed by atoms with E-state index in [1.54, 1.807) is 30.5 Å². The number of rotatable bonds is 6. The van der Waals surface area contributed by atoms with Crippen LogP contribution in [0.25, 0.3) is 0 Å². The van der Waals surface area contributed by atoms with Crippen molar-refractivity contribution >= 4 is 45.6 Å². The molecule has 0 bridgehead atoms. The van der Waals surface area contributed by atoms with E-state index in [1.807, 2.05) is 24.3 Å². The molecule has 0 aliphatic carbocycles. The number of hydrogen-bond donors (Lipinski definition) is 1. The highest BCUT2D eigenvalue weighted by Gasteiger charge is 2.10. The SMILES string of the molecule is O=C(COc1ccccc1)Nc1ncc(Cc2cc(Cl)ccc2Cl)s1. The lowest BCUT2D eigenvalue weighted by molar-refractivity contribution is -0.118. The first kappa shape index (κ1) is 17.7. The van der Waals surface area contributed by atoms with Gasteiger partial charge in [0.15, 0.2) is 11.7 Å². The highest BCUT2D eigenvalue weighted by atomic mass is 35.5. The standard InChI is InChI=1S/C18H14Cl2N2O2S/c19-13-6-7-16(20)12(8-13)9-15-10-21-18(25-15)22-17(23)11-24-14-4-2-1-3-5-14/h1-8,10H,9,11H2,(H,21,22,23). The lowest BCUT2D eigenvalue weighted by Gasteiger charge is -2.05. The van der Waals surface area contributed by atoms with Crippen LogP contribution in [-0.2, 0) is 11.2 Å². The van der Waals surface area contributed by atoms with Gasteiger partial charge in [-0.25, -0.2) is 4.98 Å². The van der Waals surface area contributed by atoms with E-state index in [9.17, 15) is 4.79 Å². The minimum atomic E-state index is -0.259. The number of hydrogen-bond acceptors (Lipinski definition) is 4. The number of aromatic nitrogens is 1. The number of para-hydroxylation sites is 1. The molecule has 0 fully saturated rings. The van der Waals surface area contributed by atoms with Crippen LogP contribution in [0, 0.1) is 0 Å². The van der Waals surface area contributed by atoms with Gasteiger partial charge >= 0.3 is 0 Å². The summed E-state index contributed by atoms with van der Waals surface area (Å²) in [5.41, 5.74) is 0.920. The molecule has 0 aliphatic rings. The van der Waals surface area contributed by atoms with Gasteiger partial charge in [0.25, 0.3) is 5.91 Å². The van der Waals surface area contributed by atoms with Gasteiger partial charge in [0.05, 0.1) is 0 Å². The normalized spacial score (nSPS) is 10.5. The van der Waals surface area contributed by atoms with E-state index in [0.29, 0.717) is 27.3 Å². The third kappa shape index (κ3) is 5.19. The highest BCUT2D eigenvalue weighted by molar-refractivity contribution is 7.15. The quantitative estimate of drug-likeness (QED) is 0.637. The summed E-state index contributed by atoms with van der Waals surface area (Å²) in [6.45, 7) is -0.0704. The van der Waals surface area contributed by atoms with Crippen LogP contribution >= 0.6 is 34.5 Å². The number of carbonyl (C=O) groups is 1. The summed E-state index contributed by atoms with van der Waals surface area (Å²) in [4.78, 5) is 17.1. The van der Waals surface area contributed by atoms with Crippen molar-refractivity contribution in [2.45, 2.75) is 6.42 Å². The second-order valence-electron chi connectivity index (χ2n) is 5.19. The Kier molecular flexibility index (Phi) is 5.91. The fourth-order valence-corrected chi connectivity index (χ4v) is 3.37. The maximum Gasteiger partial charge on any atom is 0.264 e. The first-order valence-corrected chi connectivity index (χ1v) is 9.04. The second kappa shape index (κ2) is 8.34. The van der Waals surface area contributed by atoms with Gasteiger partial charge in [0, 0.05) is 27.5 Å². The van der Waals surface area contributed by atoms with Crippen molar-refractivity contribution in [1.82, 2.24) is 4.98 Å². The zero-order chi connectivity index (χ0) is 17.6. The van der Waals surface area contributed by atoms with Crippen LogP contribution in [0.4, 0.5) is 5.13 Å². The molecule has 0 atom stereocenters. The summed E-state index contributed by atoms with van der Waals surface area (Å²) >= 11 is 13.6. The lowest BCUT2D eigenvalue weighted by Crippen LogP contribution is -2.19. The Labute approximate surface area is 159 Å². The van der Waals surface area contributed by atoms with Gasteiger partial charge in [-0.1, -0.05) is 41.4 Å². The minimum absolute atomic E-state index is 0.0704. The average molecular weight is 393 g/mol. The van der Waals surface area contributed by atoms with Crippen molar-refractivity contribution in [3.63, 3.8) is 0 Å². The summed E-state index contributed by atoms with van der Waals surface area (Å²) in [6, 6.07) is 14.5. The number of nitrogens with one attached hydrogen (secondary N) is 1. The molecule has 1 amide bonds. The molecule has 0 aliphatic heterocycles. The molecule has 0 spiro atoms. The predicted molar refractivity (Wildman–Crippen MR) is 102 cm³/mol. The van der Waals surface area contributed by atoms with Gasteiger partial charge in [-0.3, -0.25) is 10.1 Å². The van der Waals surface area contributed by atoms with Crippen LogP contribution in [0.15, 0.2) is 54.7 Å². The summed E-state index contributed by atoms with van der Waals surface area (Å²) in [5, 5.41) is 4.54. The summed E-state index contributed by atoms with van der Waals surface area (Å²) in [5.74, 6) is 0.388. The molecule has 3 aromatic rings. The van der Waals surface area contributed by atoms with Crippen LogP contribution in [0.5, 0.6) is 5.75 Å². The largest absolute Gasteiger partial charge is 0.484 e. The Balaban J connectivity index is 1.56. The fraction of sp³-hybridized carbons (Fsp3) is 0.111. The highest BCUT2D eigenvalue weighted by Crippen LogP contribution is 2.26. The first-order valence-electron chi connectivity index (χ1n) is 7.46. The number of anilines is 1. The number of halogens is 2. The van der Waals surface area contributed by atoms with Crippen LogP contribution in [-0.4, -0.2) is 17.5 Å². The Morgan fingerprint density at radius 1 is 1.16 bits per heavy atom. The zero-order valence-corrected chi connectivity index (χ0v) is 15.4. The van der Waals surface area contributed by atoms with E-state index in [1.165, 1.54) is 11.3 Å². The van der Waals surface area contributed by atoms with Crippen LogP contribution < -0.4 is 10.1 Å². The number of benzene rings is 2. The molecule has 3 rings (SSSR count). The van der Waals surface area contributed by atoms with Gasteiger partial charge in [0.1, 0.15) is 5.75 Å². The maximum atomic E-state index is 11.9. The summed E-state index contributed by atoms with van der Waals surface area (Å²) in [7, 11) is 0. The zero-order valence-electron chi connectivity index (χ0n) is 13.0. The molecule has 25 heavy (non-hydrogen) atoms. The summed E-state index contributed by atoms with van der Waals surface area (Å²) in [6.07, 6.45) is 2.32. The number of nitrogens with zero attached hydrogens (tertiary/aromatic N) is 1. The molecule has 0 saturated heterocycles. The predicted octanol–water partition coefficient (Wildman–Crippen LogP) is 5.06. The van der Waals surface area contributed by atoms with Gasteiger partial charge in [-0.2, -0.15) is 0 Å². The molecule has 1 aromatic heterocycles. The van der Waals surface area contributed by atoms with E-state index < -0.39 is 0 Å². The maximum absolute atomic E-state index is 11.9. The van der Waals surface area contributed by atoms with Crippen LogP contribution in [0.1, 0.15) is 10.4 Å². The van der Waals surface area contributed by atoms with Crippen molar-refractivity contribution in [2.75, 3.05) is 11.9 Å². The minimum Gasteiger partial charge on any atom is -0.484 e. The average Bonchev–Trinajstić information content (AvgIpc) is 3.04. The van der Waals surface area contributed by atoms with Crippen molar-refractivity contribution in [2.24, 2.45) is 0 Å². The van der Waals surface area contributed by atoms with Crippen LogP contribution in [0.2, 0.25) is 10.0 Å². The van der Waals surface area contributed by atoms with E-state index >= 15 is 0 Å². The van der Waals surface area contributed by atoms with E-state index in [4.69, 9.17) is 27.9 Å². The number of ether oxygens (including phenoxy) is 1. The molecule has 0 saturated carbocycles. The molecule has 4 nitrogen and oxygen atoms in total. The topological polar surface area (TPSA) is 51.2 Å². The van der Waals surface area contributed by atoms with Crippen molar-refractivity contribution < 1.29 is 9.53 Å². The van der Waals surface area contributed by atoms with Crippen molar-refractivity contribution in [1.29, 1.82) is 0 Å². The number of amides is 1. The molecule has 0 radical (unpaired) electrons. The van der Waals surface area contributed by atoms with E-state index in [-0.39, 0.29) is 12.5 Å². The third-order valence-corrected chi connectivity index (χ3v) is 4.80. The third-order valence-electron chi connectivity index (χ3n) is 3.29. The molecule has 0 unspecified atom stereocenters. The molecule has 7 heteroatoms. The Morgan fingerprint density at radius 3 is 2.76 bits per heavy atom. The fourth-order valence-electron chi connectivity index (χ4n) is 2.13. The van der Waals surface area contributed by atoms with Crippen LogP contribution in [0.3, 0.4) is 0 Å².